The molecular weight excluding hydrogens is 350 g/mol. The maximum Gasteiger partial charge on any atom is 0.251 e. The van der Waals surface area contributed by atoms with Gasteiger partial charge in [-0.1, -0.05) is 12.8 Å². The predicted octanol–water partition coefficient (Wildman–Crippen LogP) is 3.25. The lowest BCUT2D eigenvalue weighted by atomic mass is 10.2. The molecule has 2 fully saturated rings. The number of nitrogens with zero attached hydrogens (tertiary/aromatic N) is 3. The Bertz CT molecular complexity index is 793. The van der Waals surface area contributed by atoms with Crippen molar-refractivity contribution in [2.24, 2.45) is 0 Å². The van der Waals surface area contributed by atoms with E-state index in [0.717, 1.165) is 44.7 Å². The number of pyridine rings is 1. The summed E-state index contributed by atoms with van der Waals surface area (Å²) in [5.41, 5.74) is 2.87. The second kappa shape index (κ2) is 8.61. The van der Waals surface area contributed by atoms with Crippen LogP contribution >= 0.6 is 0 Å². The van der Waals surface area contributed by atoms with Gasteiger partial charge in [0.1, 0.15) is 5.82 Å². The smallest absolute Gasteiger partial charge is 0.251 e. The van der Waals surface area contributed by atoms with E-state index in [9.17, 15) is 4.79 Å². The van der Waals surface area contributed by atoms with E-state index < -0.39 is 0 Å². The van der Waals surface area contributed by atoms with Gasteiger partial charge in [-0.25, -0.2) is 4.98 Å². The maximum atomic E-state index is 12.5. The van der Waals surface area contributed by atoms with E-state index in [1.807, 2.05) is 6.07 Å². The number of benzene rings is 1. The Hall–Kier alpha value is -2.60. The SMILES string of the molecule is CN1CCN(c2ccc(Nc3cc(C(=O)NC4CCCC4)ccn3)cc2)CC1. The molecule has 0 atom stereocenters. The molecule has 6 heteroatoms. The van der Waals surface area contributed by atoms with Gasteiger partial charge in [0.15, 0.2) is 0 Å². The number of nitrogens with one attached hydrogen (secondary N) is 2. The van der Waals surface area contributed by atoms with Crippen LogP contribution in [0, 0.1) is 0 Å². The van der Waals surface area contributed by atoms with Gasteiger partial charge in [-0.2, -0.15) is 0 Å². The third kappa shape index (κ3) is 4.62. The Kier molecular flexibility index (Phi) is 5.76. The van der Waals surface area contributed by atoms with Crippen LogP contribution in [0.2, 0.25) is 0 Å². The Balaban J connectivity index is 1.38. The van der Waals surface area contributed by atoms with Crippen LogP contribution in [0.3, 0.4) is 0 Å². The van der Waals surface area contributed by atoms with Gasteiger partial charge in [-0.05, 0) is 56.3 Å². The lowest BCUT2D eigenvalue weighted by molar-refractivity contribution is 0.0938. The van der Waals surface area contributed by atoms with E-state index in [2.05, 4.69) is 56.7 Å². The molecule has 2 N–H and O–H groups in total. The van der Waals surface area contributed by atoms with Crippen molar-refractivity contribution in [1.29, 1.82) is 0 Å². The number of piperazine rings is 1. The van der Waals surface area contributed by atoms with E-state index in [1.165, 1.54) is 18.5 Å². The molecule has 1 aliphatic heterocycles. The van der Waals surface area contributed by atoms with Crippen LogP contribution in [0.25, 0.3) is 0 Å². The van der Waals surface area contributed by atoms with E-state index in [4.69, 9.17) is 0 Å². The number of amides is 1. The largest absolute Gasteiger partial charge is 0.369 e. The number of rotatable bonds is 5. The molecular formula is C22H29N5O. The van der Waals surface area contributed by atoms with Gasteiger partial charge in [0, 0.05) is 55.4 Å². The quantitative estimate of drug-likeness (QED) is 0.835. The molecule has 1 aromatic carbocycles. The average molecular weight is 380 g/mol. The van der Waals surface area contributed by atoms with E-state index in [0.29, 0.717) is 17.4 Å². The number of anilines is 3. The molecule has 148 valence electrons. The maximum absolute atomic E-state index is 12.5. The van der Waals surface area contributed by atoms with E-state index in [-0.39, 0.29) is 5.91 Å². The molecule has 0 bridgehead atoms. The highest BCUT2D eigenvalue weighted by Crippen LogP contribution is 2.22. The fourth-order valence-corrected chi connectivity index (χ4v) is 3.95. The molecule has 0 radical (unpaired) electrons. The average Bonchev–Trinajstić information content (AvgIpc) is 3.22. The first kappa shape index (κ1) is 18.7. The molecule has 6 nitrogen and oxygen atoms in total. The van der Waals surface area contributed by atoms with Crippen molar-refractivity contribution in [1.82, 2.24) is 15.2 Å². The summed E-state index contributed by atoms with van der Waals surface area (Å²) in [5, 5.41) is 6.44. The number of carbonyl (C=O) groups is 1. The number of hydrogen-bond acceptors (Lipinski definition) is 5. The molecule has 28 heavy (non-hydrogen) atoms. The van der Waals surface area contributed by atoms with Gasteiger partial charge in [-0.15, -0.1) is 0 Å². The van der Waals surface area contributed by atoms with Crippen molar-refractivity contribution in [2.75, 3.05) is 43.4 Å². The first-order valence-electron chi connectivity index (χ1n) is 10.2. The predicted molar refractivity (Wildman–Crippen MR) is 113 cm³/mol. The van der Waals surface area contributed by atoms with Gasteiger partial charge >= 0.3 is 0 Å². The van der Waals surface area contributed by atoms with Crippen molar-refractivity contribution in [3.8, 4) is 0 Å². The number of carbonyl (C=O) groups excluding carboxylic acids is 1. The van der Waals surface area contributed by atoms with Crippen LogP contribution in [0.15, 0.2) is 42.6 Å². The van der Waals surface area contributed by atoms with Gasteiger partial charge < -0.3 is 20.4 Å². The van der Waals surface area contributed by atoms with Crippen LogP contribution < -0.4 is 15.5 Å². The van der Waals surface area contributed by atoms with E-state index >= 15 is 0 Å². The monoisotopic (exact) mass is 379 g/mol. The van der Waals surface area contributed by atoms with Gasteiger partial charge in [-0.3, -0.25) is 4.79 Å². The van der Waals surface area contributed by atoms with Crippen molar-refractivity contribution in [2.45, 2.75) is 31.7 Å². The second-order valence-corrected chi connectivity index (χ2v) is 7.85. The van der Waals surface area contributed by atoms with Crippen molar-refractivity contribution in [3.05, 3.63) is 48.2 Å². The fraction of sp³-hybridized carbons (Fsp3) is 0.455. The Morgan fingerprint density at radius 3 is 2.46 bits per heavy atom. The minimum absolute atomic E-state index is 0.0113. The molecule has 2 aromatic rings. The molecule has 1 saturated carbocycles. The summed E-state index contributed by atoms with van der Waals surface area (Å²) in [4.78, 5) is 21.6. The third-order valence-electron chi connectivity index (χ3n) is 5.72. The summed E-state index contributed by atoms with van der Waals surface area (Å²) in [7, 11) is 2.17. The third-order valence-corrected chi connectivity index (χ3v) is 5.72. The molecule has 4 rings (SSSR count). The van der Waals surface area contributed by atoms with Gasteiger partial charge in [0.2, 0.25) is 0 Å². The molecule has 0 unspecified atom stereocenters. The summed E-state index contributed by atoms with van der Waals surface area (Å²) < 4.78 is 0. The lowest BCUT2D eigenvalue weighted by Crippen LogP contribution is -2.44. The summed E-state index contributed by atoms with van der Waals surface area (Å²) in [6.45, 7) is 4.31. The number of aromatic nitrogens is 1. The lowest BCUT2D eigenvalue weighted by Gasteiger charge is -2.34. The van der Waals surface area contributed by atoms with Crippen molar-refractivity contribution >= 4 is 23.1 Å². The minimum Gasteiger partial charge on any atom is -0.369 e. The molecule has 1 aromatic heterocycles. The van der Waals surface area contributed by atoms with Crippen LogP contribution in [-0.2, 0) is 0 Å². The highest BCUT2D eigenvalue weighted by Gasteiger charge is 2.18. The Morgan fingerprint density at radius 2 is 1.75 bits per heavy atom. The zero-order chi connectivity index (χ0) is 19.3. The minimum atomic E-state index is -0.0113. The molecule has 2 aliphatic rings. The Morgan fingerprint density at radius 1 is 1.04 bits per heavy atom. The van der Waals surface area contributed by atoms with E-state index in [1.54, 1.807) is 12.3 Å². The number of likely N-dealkylation sites (N-methyl/N-ethyl adjacent to an activating group) is 1. The summed E-state index contributed by atoms with van der Waals surface area (Å²) in [6.07, 6.45) is 6.27. The normalized spacial score (nSPS) is 18.2. The zero-order valence-electron chi connectivity index (χ0n) is 16.5. The first-order chi connectivity index (χ1) is 13.7. The second-order valence-electron chi connectivity index (χ2n) is 7.85. The standard InChI is InChI=1S/C22H29N5O/c1-26-12-14-27(15-13-26)20-8-6-19(7-9-20)24-21-16-17(10-11-23-21)22(28)25-18-4-2-3-5-18/h6-11,16,18H,2-5,12-15H2,1H3,(H,23,24)(H,25,28). The van der Waals surface area contributed by atoms with Crippen LogP contribution in [0.4, 0.5) is 17.2 Å². The van der Waals surface area contributed by atoms with Crippen molar-refractivity contribution in [3.63, 3.8) is 0 Å². The van der Waals surface area contributed by atoms with Gasteiger partial charge in [0.25, 0.3) is 5.91 Å². The molecule has 1 amide bonds. The summed E-state index contributed by atoms with van der Waals surface area (Å²) in [6, 6.07) is 12.3. The van der Waals surface area contributed by atoms with Crippen molar-refractivity contribution < 1.29 is 4.79 Å². The molecule has 1 saturated heterocycles. The first-order valence-corrected chi connectivity index (χ1v) is 10.2. The Labute approximate surface area is 166 Å². The van der Waals surface area contributed by atoms with Crippen LogP contribution in [-0.4, -0.2) is 55.1 Å². The summed E-state index contributed by atoms with van der Waals surface area (Å²) in [5.74, 6) is 0.675. The van der Waals surface area contributed by atoms with Crippen LogP contribution in [0.5, 0.6) is 0 Å². The molecule has 0 spiro atoms. The highest BCUT2D eigenvalue weighted by molar-refractivity contribution is 5.95. The molecule has 1 aliphatic carbocycles. The van der Waals surface area contributed by atoms with Gasteiger partial charge in [0.05, 0.1) is 0 Å². The topological polar surface area (TPSA) is 60.5 Å². The summed E-state index contributed by atoms with van der Waals surface area (Å²) >= 11 is 0. The number of hydrogen-bond donors (Lipinski definition) is 2. The molecule has 2 heterocycles. The van der Waals surface area contributed by atoms with Crippen LogP contribution in [0.1, 0.15) is 36.0 Å². The zero-order valence-corrected chi connectivity index (χ0v) is 16.5. The fourth-order valence-electron chi connectivity index (χ4n) is 3.95. The highest BCUT2D eigenvalue weighted by atomic mass is 16.1.